The van der Waals surface area contributed by atoms with Gasteiger partial charge in [-0.1, -0.05) is 69.5 Å². The monoisotopic (exact) mass is 1300 g/mol. The van der Waals surface area contributed by atoms with E-state index in [0.29, 0.717) is 65.9 Å². The molecular weight excluding hydrogens is 1210 g/mol. The molecule has 4 spiro atoms. The van der Waals surface area contributed by atoms with Gasteiger partial charge in [-0.3, -0.25) is 29.1 Å². The average Bonchev–Trinajstić information content (AvgIpc) is 1.62. The van der Waals surface area contributed by atoms with Crippen molar-refractivity contribution in [3.8, 4) is 23.0 Å². The number of ether oxygens (including phenoxy) is 5. The second-order valence-electron chi connectivity index (χ2n) is 29.1. The lowest BCUT2D eigenvalue weighted by Crippen LogP contribution is -2.76. The molecule has 20 rings (SSSR count). The molecule has 1 saturated carbocycles. The number of ketones is 3. The zero-order chi connectivity index (χ0) is 64.4. The van der Waals surface area contributed by atoms with Crippen molar-refractivity contribution in [3.05, 3.63) is 163 Å². The third-order valence-electron chi connectivity index (χ3n) is 25.8. The van der Waals surface area contributed by atoms with E-state index in [2.05, 4.69) is 45.8 Å². The Morgan fingerprint density at radius 3 is 1.37 bits per heavy atom. The highest BCUT2D eigenvalue weighted by Gasteiger charge is 2.75. The maximum absolute atomic E-state index is 12.6. The topological polar surface area (TPSA) is 272 Å². The molecule has 0 aromatic heterocycles. The van der Waals surface area contributed by atoms with Crippen LogP contribution in [0, 0.1) is 0 Å². The average molecular weight is 1300 g/mol. The van der Waals surface area contributed by atoms with Gasteiger partial charge >= 0.3 is 0 Å². The van der Waals surface area contributed by atoms with Gasteiger partial charge in [-0.05, 0) is 170 Å². The summed E-state index contributed by atoms with van der Waals surface area (Å²) in [6.45, 7) is 2.72. The van der Waals surface area contributed by atoms with Crippen molar-refractivity contribution >= 4 is 17.3 Å². The van der Waals surface area contributed by atoms with Crippen molar-refractivity contribution in [3.63, 3.8) is 0 Å². The molecular formula is C75H88N4O16. The van der Waals surface area contributed by atoms with Crippen LogP contribution in [0.25, 0.3) is 0 Å². The summed E-state index contributed by atoms with van der Waals surface area (Å²) in [4.78, 5) is 46.7. The molecule has 0 radical (unpaired) electrons. The Morgan fingerprint density at radius 2 is 0.884 bits per heavy atom. The normalized spacial score (nSPS) is 37.5. The van der Waals surface area contributed by atoms with Gasteiger partial charge in [-0.15, -0.1) is 0 Å². The van der Waals surface area contributed by atoms with Crippen LogP contribution in [0.15, 0.2) is 96.3 Å². The van der Waals surface area contributed by atoms with Gasteiger partial charge in [0.2, 0.25) is 0 Å². The predicted molar refractivity (Wildman–Crippen MR) is 348 cm³/mol. The molecule has 8 N–H and O–H groups in total. The summed E-state index contributed by atoms with van der Waals surface area (Å²) < 4.78 is 30.1. The molecule has 8 heterocycles. The third kappa shape index (κ3) is 7.76. The first-order valence-corrected chi connectivity index (χ1v) is 33.1. The molecule has 15 atom stereocenters. The maximum atomic E-state index is 12.6. The number of likely N-dealkylation sites (N-methyl/N-ethyl adjacent to an activating group) is 4. The fourth-order valence-corrected chi connectivity index (χ4v) is 21.5. The number of piperidine rings is 4. The molecule has 5 fully saturated rings. The minimum absolute atomic E-state index is 0. The van der Waals surface area contributed by atoms with Crippen molar-refractivity contribution < 1.29 is 78.9 Å². The number of nitrogens with zero attached hydrogens (tertiary/aromatic N) is 4. The van der Waals surface area contributed by atoms with Gasteiger partial charge in [0, 0.05) is 75.1 Å². The largest absolute Gasteiger partial charge is 0.481 e. The summed E-state index contributed by atoms with van der Waals surface area (Å²) in [6, 6.07) is 16.1. The number of rotatable bonds is 6. The van der Waals surface area contributed by atoms with Crippen molar-refractivity contribution in [1.82, 2.24) is 19.6 Å². The van der Waals surface area contributed by atoms with Crippen molar-refractivity contribution in [2.75, 3.05) is 61.2 Å². The third-order valence-corrected chi connectivity index (χ3v) is 25.8. The number of carbonyl (C=O) groups excluding carboxylic acids is 3. The Bertz CT molecular complexity index is 3940. The van der Waals surface area contributed by atoms with Gasteiger partial charge in [-0.2, -0.15) is 0 Å². The number of likely N-dealkylation sites (tertiary alicyclic amines) is 4. The maximum Gasteiger partial charge on any atom is 0.196 e. The summed E-state index contributed by atoms with van der Waals surface area (Å²) in [5.41, 5.74) is 7.79. The predicted octanol–water partition coefficient (Wildman–Crippen LogP) is 3.65. The van der Waals surface area contributed by atoms with Gasteiger partial charge < -0.3 is 69.4 Å². The number of aliphatic hydroxyl groups excluding tert-OH is 5. The minimum Gasteiger partial charge on any atom is -0.481 e. The van der Waals surface area contributed by atoms with Crippen LogP contribution in [0.5, 0.6) is 23.0 Å². The lowest BCUT2D eigenvalue weighted by Gasteiger charge is -2.62. The molecule has 16 aliphatic rings. The molecule has 4 saturated heterocycles. The highest BCUT2D eigenvalue weighted by atomic mass is 16.6. The van der Waals surface area contributed by atoms with Gasteiger partial charge in [0.15, 0.2) is 48.6 Å². The smallest absolute Gasteiger partial charge is 0.196 e. The summed E-state index contributed by atoms with van der Waals surface area (Å²) in [6.07, 6.45) is 15.3. The van der Waals surface area contributed by atoms with Crippen LogP contribution in [0.4, 0.5) is 0 Å². The first-order valence-electron chi connectivity index (χ1n) is 33.1. The van der Waals surface area contributed by atoms with E-state index in [4.69, 9.17) is 23.7 Å². The van der Waals surface area contributed by atoms with Crippen LogP contribution in [0.2, 0.25) is 0 Å². The fourth-order valence-electron chi connectivity index (χ4n) is 21.5. The van der Waals surface area contributed by atoms with Crippen molar-refractivity contribution in [2.24, 2.45) is 0 Å². The van der Waals surface area contributed by atoms with E-state index in [-0.39, 0.29) is 95.1 Å². The van der Waals surface area contributed by atoms with E-state index in [1.807, 2.05) is 62.6 Å². The van der Waals surface area contributed by atoms with Crippen LogP contribution in [0.1, 0.15) is 120 Å². The Hall–Kier alpha value is -6.63. The van der Waals surface area contributed by atoms with Gasteiger partial charge in [0.25, 0.3) is 0 Å². The van der Waals surface area contributed by atoms with Gasteiger partial charge in [-0.25, -0.2) is 0 Å². The Labute approximate surface area is 553 Å². The summed E-state index contributed by atoms with van der Waals surface area (Å²) >= 11 is 0. The molecule has 8 bridgehead atoms. The zero-order valence-corrected chi connectivity index (χ0v) is 52.8. The Morgan fingerprint density at radius 1 is 0.474 bits per heavy atom. The number of hydrogen-bond acceptors (Lipinski definition) is 20. The number of allylic oxidation sites excluding steroid dienone is 2. The highest BCUT2D eigenvalue weighted by molar-refractivity contribution is 6.00. The van der Waals surface area contributed by atoms with E-state index >= 15 is 0 Å². The number of Topliss-reactive ketones (excluding diaryl/α,β-unsaturated/α-hetero) is 1. The quantitative estimate of drug-likeness (QED) is 0.128. The standard InChI is InChI=1S/C19H21NO4.C18H21NO4.2C18H19NO4.2CH4/c1-20-7-6-19-13-4-5-15(23-10-22)18(19)24-17-12(9-21)3-2-11(16(17)19)8-14(13)20;3*1-19-7-6-17-14-10-2-3-11(9-20)15(14)23-16(17)12(21)4-5-18(17,22)13(19)8-10;;/h2-5,14,18,21-22H,6-10H2,1H3;2-3,13,16,20,22H,4-9H2,1H3;2*2-5,13,16,20,22H,6-9H2,1H3;2*1H4/t14-,18?,19+;2*13-,16?,17+,18?;13-,16?,17+,18-;;/m1111../s1. The molecule has 95 heavy (non-hydrogen) atoms. The van der Waals surface area contributed by atoms with E-state index in [0.717, 1.165) is 115 Å². The van der Waals surface area contributed by atoms with E-state index < -0.39 is 51.4 Å². The summed E-state index contributed by atoms with van der Waals surface area (Å²) in [7, 11) is 8.29. The lowest BCUT2D eigenvalue weighted by atomic mass is 9.49. The number of aliphatic hydroxyl groups is 8. The van der Waals surface area contributed by atoms with Crippen LogP contribution in [0.3, 0.4) is 0 Å². The molecule has 8 aliphatic carbocycles. The minimum atomic E-state index is -1.11. The molecule has 20 heteroatoms. The number of hydrogen-bond donors (Lipinski definition) is 8. The zero-order valence-electron chi connectivity index (χ0n) is 52.8. The molecule has 6 unspecified atom stereocenters. The van der Waals surface area contributed by atoms with Crippen LogP contribution < -0.4 is 18.9 Å². The van der Waals surface area contributed by atoms with E-state index in [9.17, 15) is 55.2 Å². The highest BCUT2D eigenvalue weighted by Crippen LogP contribution is 2.67. The summed E-state index contributed by atoms with van der Waals surface area (Å²) in [5, 5.41) is 83.0. The first kappa shape index (κ1) is 64.4. The summed E-state index contributed by atoms with van der Waals surface area (Å²) in [5.74, 6) is 3.30. The number of benzene rings is 4. The van der Waals surface area contributed by atoms with Crippen LogP contribution in [-0.2, 0) is 92.9 Å². The van der Waals surface area contributed by atoms with E-state index in [1.165, 1.54) is 28.9 Å². The van der Waals surface area contributed by atoms with Gasteiger partial charge in [0.1, 0.15) is 40.0 Å². The second kappa shape index (κ2) is 21.9. The molecule has 0 amide bonds. The Kier molecular flexibility index (Phi) is 14.9. The van der Waals surface area contributed by atoms with Crippen LogP contribution >= 0.6 is 0 Å². The van der Waals surface area contributed by atoms with E-state index in [1.54, 1.807) is 12.2 Å². The fraction of sp³-hybridized carbons (Fsp3) is 0.533. The van der Waals surface area contributed by atoms with Gasteiger partial charge in [0.05, 0.1) is 53.7 Å². The second-order valence-corrected chi connectivity index (χ2v) is 29.1. The number of carbonyl (C=O) groups is 3. The molecule has 504 valence electrons. The van der Waals surface area contributed by atoms with Crippen LogP contribution in [-0.4, -0.2) is 204 Å². The molecule has 8 aliphatic heterocycles. The SMILES string of the molecule is C.C.CN1CC[C@@]23C4=CC=C(OCO)C2Oc2c(CO)ccc(c23)C[C@H]41.CN1CC[C@]23c4c5ccc(CO)c4OC2C(=O)C=CC3(O)[C@H]1C5.CN1CC[C@]23c4c5ccc(CO)c4OC2C(=O)C=C[C@@]3(O)[C@H]1C5.CN1CC[C@]23c4c5ccc(CO)c4OC2C(=O)CCC3(O)[C@H]1C5. The first-order chi connectivity index (χ1) is 44.8. The van der Waals surface area contributed by atoms with Crippen molar-refractivity contribution in [2.45, 2.75) is 193 Å². The molecule has 4 aromatic carbocycles. The van der Waals surface area contributed by atoms with Crippen molar-refractivity contribution in [1.29, 1.82) is 0 Å². The Balaban J connectivity index is 0.000000104. The lowest BCUT2D eigenvalue weighted by molar-refractivity contribution is -0.185. The molecule has 20 nitrogen and oxygen atoms in total. The molecule has 4 aromatic rings.